The van der Waals surface area contributed by atoms with E-state index >= 15 is 0 Å². The van der Waals surface area contributed by atoms with E-state index in [1.165, 1.54) is 16.8 Å². The first-order chi connectivity index (χ1) is 10.4. The Bertz CT molecular complexity index is 804. The minimum atomic E-state index is -4.35. The van der Waals surface area contributed by atoms with Crippen LogP contribution in [0.3, 0.4) is 0 Å². The van der Waals surface area contributed by atoms with Gasteiger partial charge in [0.05, 0.1) is 22.9 Å². The Morgan fingerprint density at radius 3 is 2.36 bits per heavy atom. The fraction of sp³-hybridized carbons (Fsp3) is 0.188. The first-order valence-corrected chi connectivity index (χ1v) is 6.70. The summed E-state index contributed by atoms with van der Waals surface area (Å²) in [6.07, 6.45) is -3.30. The molecule has 0 aliphatic rings. The predicted molar refractivity (Wildman–Crippen MR) is 76.7 cm³/mol. The number of hydrogen-bond donors (Lipinski definition) is 1. The van der Waals surface area contributed by atoms with Crippen LogP contribution >= 0.6 is 0 Å². The van der Waals surface area contributed by atoms with Crippen molar-refractivity contribution < 1.29 is 18.3 Å². The third kappa shape index (κ3) is 2.57. The van der Waals surface area contributed by atoms with Crippen LogP contribution in [0.4, 0.5) is 13.2 Å². The van der Waals surface area contributed by atoms with Gasteiger partial charge in [0.25, 0.3) is 0 Å². The maximum Gasteiger partial charge on any atom is 0.416 e. The Balaban J connectivity index is 2.05. The fourth-order valence-corrected chi connectivity index (χ4v) is 2.34. The average molecular weight is 306 g/mol. The lowest BCUT2D eigenvalue weighted by Gasteiger charge is -2.07. The number of aliphatic hydroxyl groups excluding tert-OH is 1. The minimum absolute atomic E-state index is 0.528. The van der Waals surface area contributed by atoms with E-state index in [0.29, 0.717) is 16.8 Å². The number of fused-ring (bicyclic) bond motifs is 1. The number of aromatic nitrogens is 2. The standard InChI is InChI=1S/C16H13F3N2O/c1-10(22)14-4-2-3-11-9-21(20-15(11)14)13-7-5-12(6-8-13)16(17,18)19/h2-10,22H,1H3. The van der Waals surface area contributed by atoms with Crippen LogP contribution in [0.5, 0.6) is 0 Å². The highest BCUT2D eigenvalue weighted by Crippen LogP contribution is 2.30. The second-order valence-electron chi connectivity index (χ2n) is 5.08. The number of aliphatic hydroxyl groups is 1. The van der Waals surface area contributed by atoms with Gasteiger partial charge in [0.15, 0.2) is 0 Å². The van der Waals surface area contributed by atoms with Gasteiger partial charge in [0, 0.05) is 17.1 Å². The molecule has 3 aromatic rings. The summed E-state index contributed by atoms with van der Waals surface area (Å²) in [6.45, 7) is 1.64. The Kier molecular flexibility index (Phi) is 3.41. The second-order valence-corrected chi connectivity index (χ2v) is 5.08. The summed E-state index contributed by atoms with van der Waals surface area (Å²) in [5.41, 5.74) is 1.15. The Labute approximate surface area is 124 Å². The lowest BCUT2D eigenvalue weighted by Crippen LogP contribution is -2.05. The highest BCUT2D eigenvalue weighted by Gasteiger charge is 2.30. The number of hydrogen-bond acceptors (Lipinski definition) is 2. The predicted octanol–water partition coefficient (Wildman–Crippen LogP) is 4.10. The average Bonchev–Trinajstić information content (AvgIpc) is 2.90. The van der Waals surface area contributed by atoms with Crippen molar-refractivity contribution in [3.05, 3.63) is 59.8 Å². The van der Waals surface area contributed by atoms with E-state index in [0.717, 1.165) is 17.5 Å². The van der Waals surface area contributed by atoms with Crippen molar-refractivity contribution in [1.29, 1.82) is 0 Å². The molecule has 2 aromatic carbocycles. The molecule has 1 heterocycles. The van der Waals surface area contributed by atoms with Gasteiger partial charge in [-0.2, -0.15) is 18.3 Å². The van der Waals surface area contributed by atoms with Crippen LogP contribution in [0.2, 0.25) is 0 Å². The molecule has 1 aromatic heterocycles. The number of benzene rings is 2. The van der Waals surface area contributed by atoms with Crippen LogP contribution < -0.4 is 0 Å². The summed E-state index contributed by atoms with van der Waals surface area (Å²) in [4.78, 5) is 0. The molecule has 1 N–H and O–H groups in total. The molecule has 0 aliphatic carbocycles. The molecule has 1 unspecified atom stereocenters. The zero-order valence-corrected chi connectivity index (χ0v) is 11.7. The van der Waals surface area contributed by atoms with Crippen LogP contribution in [-0.4, -0.2) is 14.9 Å². The molecule has 1 atom stereocenters. The molecule has 0 fully saturated rings. The second kappa shape index (κ2) is 5.14. The van der Waals surface area contributed by atoms with Gasteiger partial charge >= 0.3 is 6.18 Å². The molecule has 0 spiro atoms. The summed E-state index contributed by atoms with van der Waals surface area (Å²) in [5.74, 6) is 0. The van der Waals surface area contributed by atoms with Gasteiger partial charge in [-0.1, -0.05) is 18.2 Å². The third-order valence-corrected chi connectivity index (χ3v) is 3.48. The molecule has 3 rings (SSSR count). The summed E-state index contributed by atoms with van der Waals surface area (Å²) >= 11 is 0. The Hall–Kier alpha value is -2.34. The van der Waals surface area contributed by atoms with Gasteiger partial charge in [0.2, 0.25) is 0 Å². The summed E-state index contributed by atoms with van der Waals surface area (Å²) in [5, 5.41) is 14.9. The smallest absolute Gasteiger partial charge is 0.389 e. The lowest BCUT2D eigenvalue weighted by molar-refractivity contribution is -0.137. The summed E-state index contributed by atoms with van der Waals surface area (Å²) < 4.78 is 39.3. The monoisotopic (exact) mass is 306 g/mol. The molecular weight excluding hydrogens is 293 g/mol. The van der Waals surface area contributed by atoms with Crippen LogP contribution in [0.1, 0.15) is 24.2 Å². The number of halogens is 3. The van der Waals surface area contributed by atoms with Crippen LogP contribution in [0.25, 0.3) is 16.6 Å². The van der Waals surface area contributed by atoms with Gasteiger partial charge in [0.1, 0.15) is 0 Å². The summed E-state index contributed by atoms with van der Waals surface area (Å²) in [7, 11) is 0. The van der Waals surface area contributed by atoms with E-state index in [1.54, 1.807) is 19.2 Å². The molecule has 0 saturated carbocycles. The van der Waals surface area contributed by atoms with Crippen molar-refractivity contribution >= 4 is 10.9 Å². The minimum Gasteiger partial charge on any atom is -0.389 e. The zero-order chi connectivity index (χ0) is 15.9. The van der Waals surface area contributed by atoms with Crippen molar-refractivity contribution in [3.63, 3.8) is 0 Å². The van der Waals surface area contributed by atoms with Crippen LogP contribution in [0.15, 0.2) is 48.7 Å². The van der Waals surface area contributed by atoms with Crippen LogP contribution in [-0.2, 0) is 6.18 Å². The van der Waals surface area contributed by atoms with E-state index in [2.05, 4.69) is 5.10 Å². The summed E-state index contributed by atoms with van der Waals surface area (Å²) in [6, 6.07) is 10.2. The van der Waals surface area contributed by atoms with Crippen molar-refractivity contribution in [2.75, 3.05) is 0 Å². The van der Waals surface area contributed by atoms with E-state index in [4.69, 9.17) is 0 Å². The first-order valence-electron chi connectivity index (χ1n) is 6.70. The molecular formula is C16H13F3N2O. The van der Waals surface area contributed by atoms with Crippen LogP contribution in [0, 0.1) is 0 Å². The molecule has 22 heavy (non-hydrogen) atoms. The van der Waals surface area contributed by atoms with Gasteiger partial charge in [-0.3, -0.25) is 0 Å². The molecule has 3 nitrogen and oxygen atoms in total. The Morgan fingerprint density at radius 1 is 1.09 bits per heavy atom. The van der Waals surface area contributed by atoms with Crippen molar-refractivity contribution in [1.82, 2.24) is 9.78 Å². The van der Waals surface area contributed by atoms with Gasteiger partial charge in [-0.25, -0.2) is 4.68 Å². The molecule has 0 aliphatic heterocycles. The first kappa shape index (κ1) is 14.6. The SMILES string of the molecule is CC(O)c1cccc2cn(-c3ccc(C(F)(F)F)cc3)nc12. The third-order valence-electron chi connectivity index (χ3n) is 3.48. The number of nitrogens with zero attached hydrogens (tertiary/aromatic N) is 2. The van der Waals surface area contributed by atoms with Gasteiger partial charge in [-0.15, -0.1) is 0 Å². The zero-order valence-electron chi connectivity index (χ0n) is 11.7. The van der Waals surface area contributed by atoms with Gasteiger partial charge in [-0.05, 0) is 31.2 Å². The number of alkyl halides is 3. The van der Waals surface area contributed by atoms with Crippen molar-refractivity contribution in [2.45, 2.75) is 19.2 Å². The van der Waals surface area contributed by atoms with Crippen molar-refractivity contribution in [3.8, 4) is 5.69 Å². The molecule has 0 bridgehead atoms. The molecule has 6 heteroatoms. The Morgan fingerprint density at radius 2 is 1.77 bits per heavy atom. The molecule has 114 valence electrons. The quantitative estimate of drug-likeness (QED) is 0.774. The lowest BCUT2D eigenvalue weighted by atomic mass is 10.1. The maximum absolute atomic E-state index is 12.6. The highest BCUT2D eigenvalue weighted by molar-refractivity contribution is 5.82. The normalized spacial score (nSPS) is 13.5. The fourth-order valence-electron chi connectivity index (χ4n) is 2.34. The van der Waals surface area contributed by atoms with E-state index in [1.807, 2.05) is 12.1 Å². The van der Waals surface area contributed by atoms with Gasteiger partial charge < -0.3 is 5.11 Å². The van der Waals surface area contributed by atoms with E-state index < -0.39 is 17.8 Å². The molecule has 0 amide bonds. The van der Waals surface area contributed by atoms with E-state index in [9.17, 15) is 18.3 Å². The largest absolute Gasteiger partial charge is 0.416 e. The number of rotatable bonds is 2. The topological polar surface area (TPSA) is 38.0 Å². The van der Waals surface area contributed by atoms with Crippen molar-refractivity contribution in [2.24, 2.45) is 0 Å². The molecule has 0 saturated heterocycles. The molecule has 0 radical (unpaired) electrons. The highest BCUT2D eigenvalue weighted by atomic mass is 19.4. The maximum atomic E-state index is 12.6. The van der Waals surface area contributed by atoms with E-state index in [-0.39, 0.29) is 0 Å².